The predicted molar refractivity (Wildman–Crippen MR) is 162 cm³/mol. The lowest BCUT2D eigenvalue weighted by Crippen LogP contribution is -2.21. The van der Waals surface area contributed by atoms with E-state index in [4.69, 9.17) is 32.7 Å². The summed E-state index contributed by atoms with van der Waals surface area (Å²) in [4.78, 5) is 32.7. The highest BCUT2D eigenvalue weighted by Crippen LogP contribution is 2.45. The van der Waals surface area contributed by atoms with Crippen molar-refractivity contribution < 1.29 is 14.3 Å². The fourth-order valence-electron chi connectivity index (χ4n) is 4.36. The second kappa shape index (κ2) is 12.6. The van der Waals surface area contributed by atoms with Crippen molar-refractivity contribution in [3.63, 3.8) is 0 Å². The number of fused-ring (bicyclic) bond motifs is 1. The summed E-state index contributed by atoms with van der Waals surface area (Å²) in [6.45, 7) is 2.96. The quantitative estimate of drug-likeness (QED) is 0.240. The van der Waals surface area contributed by atoms with Crippen molar-refractivity contribution in [1.82, 2.24) is 14.5 Å². The highest BCUT2D eigenvalue weighted by molar-refractivity contribution is 6.41. The van der Waals surface area contributed by atoms with E-state index in [0.29, 0.717) is 52.6 Å². The van der Waals surface area contributed by atoms with E-state index in [-0.39, 0.29) is 21.5 Å². The molecule has 1 amide bonds. The van der Waals surface area contributed by atoms with Gasteiger partial charge in [0.05, 0.1) is 41.0 Å². The number of halogens is 2. The Kier molecular flexibility index (Phi) is 9.14. The normalized spacial score (nSPS) is 11.4. The average molecular weight is 582 g/mol. The monoisotopic (exact) mass is 580 g/mol. The van der Waals surface area contributed by atoms with Gasteiger partial charge in [-0.1, -0.05) is 41.4 Å². The number of benzene rings is 2. The van der Waals surface area contributed by atoms with Crippen LogP contribution in [0.2, 0.25) is 10.0 Å². The van der Waals surface area contributed by atoms with Crippen LogP contribution < -0.4 is 20.3 Å². The van der Waals surface area contributed by atoms with Gasteiger partial charge in [0.15, 0.2) is 0 Å². The molecule has 208 valence electrons. The second-order valence-electron chi connectivity index (χ2n) is 9.25. The van der Waals surface area contributed by atoms with Crippen LogP contribution in [0.5, 0.6) is 11.5 Å². The van der Waals surface area contributed by atoms with Crippen molar-refractivity contribution in [3.8, 4) is 33.9 Å². The van der Waals surface area contributed by atoms with Crippen molar-refractivity contribution >= 4 is 45.7 Å². The molecule has 2 heterocycles. The molecule has 10 heteroatoms. The van der Waals surface area contributed by atoms with Crippen molar-refractivity contribution in [1.29, 1.82) is 0 Å². The van der Waals surface area contributed by atoms with Crippen LogP contribution in [0.3, 0.4) is 0 Å². The largest absolute Gasteiger partial charge is 0.495 e. The molecule has 0 bridgehead atoms. The van der Waals surface area contributed by atoms with Gasteiger partial charge in [-0.05, 0) is 45.3 Å². The Morgan fingerprint density at radius 1 is 1.07 bits per heavy atom. The number of ether oxygens (including phenoxy) is 2. The number of amides is 1. The summed E-state index contributed by atoms with van der Waals surface area (Å²) >= 11 is 13.3. The Balaban J connectivity index is 1.78. The Bertz CT molecular complexity index is 1640. The topological polar surface area (TPSA) is 85.7 Å². The second-order valence-corrected chi connectivity index (χ2v) is 10.0. The predicted octanol–water partition coefficient (Wildman–Crippen LogP) is 6.13. The Hall–Kier alpha value is -3.85. The van der Waals surface area contributed by atoms with E-state index in [2.05, 4.69) is 10.3 Å². The first-order valence-corrected chi connectivity index (χ1v) is 13.3. The molecule has 0 atom stereocenters. The average Bonchev–Trinajstić information content (AvgIpc) is 2.93. The van der Waals surface area contributed by atoms with Gasteiger partial charge in [-0.2, -0.15) is 0 Å². The molecule has 1 N–H and O–H groups in total. The smallest absolute Gasteiger partial charge is 0.259 e. The molecule has 8 nitrogen and oxygen atoms in total. The summed E-state index contributed by atoms with van der Waals surface area (Å²) in [6.07, 6.45) is 5.01. The molecule has 4 aromatic rings. The molecule has 0 saturated heterocycles. The molecule has 0 radical (unpaired) electrons. The maximum Gasteiger partial charge on any atom is 0.259 e. The number of nitrogens with zero attached hydrogens (tertiary/aromatic N) is 3. The van der Waals surface area contributed by atoms with Crippen LogP contribution in [0.15, 0.2) is 65.6 Å². The molecule has 0 unspecified atom stereocenters. The van der Waals surface area contributed by atoms with Crippen molar-refractivity contribution in [3.05, 3.63) is 81.2 Å². The fourth-order valence-corrected chi connectivity index (χ4v) is 5.06. The lowest BCUT2D eigenvalue weighted by molar-refractivity contribution is -0.111. The van der Waals surface area contributed by atoms with Crippen LogP contribution in [-0.2, 0) is 11.3 Å². The van der Waals surface area contributed by atoms with Gasteiger partial charge in [0, 0.05) is 53.6 Å². The van der Waals surface area contributed by atoms with E-state index in [1.54, 1.807) is 29.0 Å². The molecule has 2 aromatic carbocycles. The zero-order chi connectivity index (χ0) is 29.0. The number of likely N-dealkylation sites (N-methyl/N-ethyl adjacent to an activating group) is 1. The minimum atomic E-state index is -0.267. The van der Waals surface area contributed by atoms with Gasteiger partial charge in [0.1, 0.15) is 11.5 Å². The van der Waals surface area contributed by atoms with Gasteiger partial charge >= 0.3 is 0 Å². The van der Waals surface area contributed by atoms with Gasteiger partial charge < -0.3 is 24.3 Å². The number of aromatic nitrogens is 2. The van der Waals surface area contributed by atoms with E-state index >= 15 is 0 Å². The first-order valence-electron chi connectivity index (χ1n) is 12.5. The van der Waals surface area contributed by atoms with Gasteiger partial charge in [-0.15, -0.1) is 0 Å². The summed E-state index contributed by atoms with van der Waals surface area (Å²) in [7, 11) is 6.83. The third-order valence-electron chi connectivity index (χ3n) is 6.30. The van der Waals surface area contributed by atoms with Crippen LogP contribution in [0.4, 0.5) is 5.69 Å². The number of anilines is 1. The molecule has 0 spiro atoms. The zero-order valence-corrected chi connectivity index (χ0v) is 24.4. The van der Waals surface area contributed by atoms with Crippen LogP contribution in [0, 0.1) is 0 Å². The first-order chi connectivity index (χ1) is 19.2. The van der Waals surface area contributed by atoms with Crippen LogP contribution in [-0.4, -0.2) is 55.2 Å². The third kappa shape index (κ3) is 5.99. The van der Waals surface area contributed by atoms with Gasteiger partial charge in [-0.3, -0.25) is 14.6 Å². The highest BCUT2D eigenvalue weighted by Gasteiger charge is 2.22. The summed E-state index contributed by atoms with van der Waals surface area (Å²) in [5, 5.41) is 4.03. The summed E-state index contributed by atoms with van der Waals surface area (Å²) < 4.78 is 12.4. The Labute approximate surface area is 242 Å². The summed E-state index contributed by atoms with van der Waals surface area (Å²) in [6, 6.07) is 12.6. The number of aryl methyl sites for hydroxylation is 1. The van der Waals surface area contributed by atoms with E-state index in [1.807, 2.05) is 56.3 Å². The number of nitrogens with one attached hydrogen (secondary N) is 1. The number of rotatable bonds is 9. The molecule has 0 aliphatic heterocycles. The third-order valence-corrected chi connectivity index (χ3v) is 7.05. The molecular weight excluding hydrogens is 551 g/mol. The molecule has 4 rings (SSSR count). The van der Waals surface area contributed by atoms with Crippen LogP contribution >= 0.6 is 23.2 Å². The first kappa shape index (κ1) is 29.1. The lowest BCUT2D eigenvalue weighted by atomic mass is 10.0. The molecule has 0 aliphatic rings. The molecule has 2 aromatic heterocycles. The number of carbonyl (C=O) groups excluding carboxylic acids is 1. The van der Waals surface area contributed by atoms with E-state index in [0.717, 1.165) is 10.9 Å². The minimum absolute atomic E-state index is 0.215. The van der Waals surface area contributed by atoms with Gasteiger partial charge in [-0.25, -0.2) is 0 Å². The fraction of sp³-hybridized carbons (Fsp3) is 0.233. The lowest BCUT2D eigenvalue weighted by Gasteiger charge is -2.17. The number of carbonyl (C=O) groups is 1. The van der Waals surface area contributed by atoms with Crippen LogP contribution in [0.25, 0.3) is 33.3 Å². The standard InChI is InChI=1S/C30H30Cl2N4O4/c1-6-36-23-15-22(18-9-7-10-20(13-18)34-26(37)11-8-12-35(2)3)33-17-19(23)14-21(30(36)38)27-28(31)24(39-4)16-25(40-5)29(27)32/h7-11,13-17H,6,12H2,1-5H3,(H,34,37). The van der Waals surface area contributed by atoms with Crippen LogP contribution in [0.1, 0.15) is 6.92 Å². The van der Waals surface area contributed by atoms with Crippen molar-refractivity contribution in [2.24, 2.45) is 0 Å². The molecular formula is C30H30Cl2N4O4. The van der Waals surface area contributed by atoms with Crippen molar-refractivity contribution in [2.75, 3.05) is 40.2 Å². The Morgan fingerprint density at radius 3 is 2.40 bits per heavy atom. The molecule has 0 aliphatic carbocycles. The minimum Gasteiger partial charge on any atom is -0.495 e. The van der Waals surface area contributed by atoms with Gasteiger partial charge in [0.25, 0.3) is 5.56 Å². The highest BCUT2D eigenvalue weighted by atomic mass is 35.5. The molecule has 0 fully saturated rings. The molecule has 0 saturated carbocycles. The number of hydrogen-bond donors (Lipinski definition) is 1. The maximum absolute atomic E-state index is 13.8. The number of pyridine rings is 2. The number of hydrogen-bond acceptors (Lipinski definition) is 6. The Morgan fingerprint density at radius 2 is 1.77 bits per heavy atom. The summed E-state index contributed by atoms with van der Waals surface area (Å²) in [5.74, 6) is 0.465. The maximum atomic E-state index is 13.8. The van der Waals surface area contributed by atoms with E-state index < -0.39 is 0 Å². The SMILES string of the molecule is CCn1c(=O)c(-c2c(Cl)c(OC)cc(OC)c2Cl)cc2cnc(-c3cccc(NC(=O)C=CCN(C)C)c3)cc21. The van der Waals surface area contributed by atoms with E-state index in [1.165, 1.54) is 20.3 Å². The van der Waals surface area contributed by atoms with Gasteiger partial charge in [0.2, 0.25) is 5.91 Å². The van der Waals surface area contributed by atoms with Crippen molar-refractivity contribution in [2.45, 2.75) is 13.5 Å². The zero-order valence-electron chi connectivity index (χ0n) is 22.9. The van der Waals surface area contributed by atoms with E-state index in [9.17, 15) is 9.59 Å². The summed E-state index contributed by atoms with van der Waals surface area (Å²) in [5.41, 5.74) is 3.16. The molecule has 40 heavy (non-hydrogen) atoms. The number of methoxy groups -OCH3 is 2.